The fraction of sp³-hybridized carbons (Fsp3) is 0.188. The van der Waals surface area contributed by atoms with Crippen LogP contribution in [0.2, 0.25) is 5.02 Å². The van der Waals surface area contributed by atoms with Gasteiger partial charge in [-0.1, -0.05) is 11.6 Å². The van der Waals surface area contributed by atoms with E-state index >= 15 is 0 Å². The zero-order chi connectivity index (χ0) is 19.2. The maximum absolute atomic E-state index is 12.8. The molecule has 1 aromatic carbocycles. The van der Waals surface area contributed by atoms with E-state index in [4.69, 9.17) is 11.6 Å². The van der Waals surface area contributed by atoms with Crippen LogP contribution in [0.4, 0.5) is 13.2 Å². The van der Waals surface area contributed by atoms with Gasteiger partial charge in [0.2, 0.25) is 0 Å². The van der Waals surface area contributed by atoms with Crippen molar-refractivity contribution in [3.8, 4) is 11.5 Å². The van der Waals surface area contributed by atoms with E-state index in [0.717, 1.165) is 5.56 Å². The van der Waals surface area contributed by atoms with E-state index in [2.05, 4.69) is 30.2 Å². The Kier molecular flexibility index (Phi) is 4.06. The first kappa shape index (κ1) is 17.4. The topological polar surface area (TPSA) is 85.2 Å². The molecule has 4 rings (SSSR count). The molecule has 4 aromatic rings. The number of hydrogen-bond donors (Lipinski definition) is 1. The van der Waals surface area contributed by atoms with E-state index < -0.39 is 12.0 Å². The van der Waals surface area contributed by atoms with Crippen molar-refractivity contribution >= 4 is 22.5 Å². The van der Waals surface area contributed by atoms with Gasteiger partial charge in [-0.3, -0.25) is 9.78 Å². The van der Waals surface area contributed by atoms with Gasteiger partial charge in [0.25, 0.3) is 5.82 Å². The van der Waals surface area contributed by atoms with Crippen molar-refractivity contribution in [1.82, 2.24) is 34.9 Å². The van der Waals surface area contributed by atoms with Gasteiger partial charge in [-0.15, -0.1) is 5.10 Å². The summed E-state index contributed by atoms with van der Waals surface area (Å²) in [7, 11) is 0. The van der Waals surface area contributed by atoms with Gasteiger partial charge in [-0.05, 0) is 25.1 Å². The second kappa shape index (κ2) is 6.31. The summed E-state index contributed by atoms with van der Waals surface area (Å²) in [6, 6.07) is 5.00. The molecular formula is C16H11ClF3N7. The zero-order valence-electron chi connectivity index (χ0n) is 13.8. The Bertz CT molecular complexity index is 1120. The van der Waals surface area contributed by atoms with Gasteiger partial charge >= 0.3 is 6.18 Å². The molecule has 0 radical (unpaired) electrons. The highest BCUT2D eigenvalue weighted by atomic mass is 35.5. The van der Waals surface area contributed by atoms with Gasteiger partial charge in [-0.2, -0.15) is 18.3 Å². The van der Waals surface area contributed by atoms with Crippen molar-refractivity contribution in [2.75, 3.05) is 0 Å². The third kappa shape index (κ3) is 3.35. The van der Waals surface area contributed by atoms with Gasteiger partial charge in [0.1, 0.15) is 11.5 Å². The molecule has 27 heavy (non-hydrogen) atoms. The molecule has 7 nitrogen and oxygen atoms in total. The van der Waals surface area contributed by atoms with Gasteiger partial charge in [0, 0.05) is 28.4 Å². The van der Waals surface area contributed by atoms with Gasteiger partial charge < -0.3 is 0 Å². The zero-order valence-corrected chi connectivity index (χ0v) is 14.5. The van der Waals surface area contributed by atoms with Crippen molar-refractivity contribution in [1.29, 1.82) is 0 Å². The highest BCUT2D eigenvalue weighted by Gasteiger charge is 2.36. The average Bonchev–Trinajstić information content (AvgIpc) is 3.22. The van der Waals surface area contributed by atoms with Crippen molar-refractivity contribution < 1.29 is 13.2 Å². The minimum atomic E-state index is -4.64. The number of hydrogen-bond acceptors (Lipinski definition) is 5. The number of aryl methyl sites for hydroxylation is 1. The number of H-pyrrole nitrogens is 1. The first-order chi connectivity index (χ1) is 12.8. The molecule has 0 aliphatic rings. The van der Waals surface area contributed by atoms with Gasteiger partial charge in [0.05, 0.1) is 12.1 Å². The molecule has 1 N–H and O–H groups in total. The first-order valence-corrected chi connectivity index (χ1v) is 8.12. The van der Waals surface area contributed by atoms with Crippen molar-refractivity contribution in [2.24, 2.45) is 0 Å². The SMILES string of the molecule is Cc1ncc(Cn2nc(-c3nc(C(F)(F)F)n[nH]3)c3ccc(Cl)cc32)cn1. The Hall–Kier alpha value is -3.01. The number of aromatic amines is 1. The highest BCUT2D eigenvalue weighted by molar-refractivity contribution is 6.31. The van der Waals surface area contributed by atoms with E-state index in [-0.39, 0.29) is 11.5 Å². The van der Waals surface area contributed by atoms with Gasteiger partial charge in [-0.25, -0.2) is 15.0 Å². The summed E-state index contributed by atoms with van der Waals surface area (Å²) in [6.07, 6.45) is -1.32. The van der Waals surface area contributed by atoms with Crippen LogP contribution in [-0.2, 0) is 12.7 Å². The summed E-state index contributed by atoms with van der Waals surface area (Å²) in [5, 5.41) is 11.0. The fourth-order valence-electron chi connectivity index (χ4n) is 2.61. The van der Waals surface area contributed by atoms with E-state index in [0.29, 0.717) is 28.3 Å². The predicted octanol–water partition coefficient (Wildman–Crippen LogP) is 3.64. The van der Waals surface area contributed by atoms with Crippen LogP contribution in [0, 0.1) is 6.92 Å². The number of aromatic nitrogens is 7. The Balaban J connectivity index is 1.82. The lowest BCUT2D eigenvalue weighted by atomic mass is 10.2. The van der Waals surface area contributed by atoms with Crippen LogP contribution in [-0.4, -0.2) is 34.9 Å². The average molecular weight is 394 g/mol. The smallest absolute Gasteiger partial charge is 0.260 e. The number of fused-ring (bicyclic) bond motifs is 1. The number of halogens is 4. The highest BCUT2D eigenvalue weighted by Crippen LogP contribution is 2.31. The van der Waals surface area contributed by atoms with E-state index in [9.17, 15) is 13.2 Å². The Morgan fingerprint density at radius 3 is 2.59 bits per heavy atom. The summed E-state index contributed by atoms with van der Waals surface area (Å²) in [4.78, 5) is 11.8. The second-order valence-electron chi connectivity index (χ2n) is 5.81. The molecule has 0 aliphatic carbocycles. The maximum atomic E-state index is 12.8. The molecule has 3 heterocycles. The second-order valence-corrected chi connectivity index (χ2v) is 6.25. The maximum Gasteiger partial charge on any atom is 0.453 e. The Morgan fingerprint density at radius 2 is 1.93 bits per heavy atom. The van der Waals surface area contributed by atoms with Crippen LogP contribution < -0.4 is 0 Å². The predicted molar refractivity (Wildman–Crippen MR) is 91.0 cm³/mol. The van der Waals surface area contributed by atoms with Crippen molar-refractivity contribution in [3.05, 3.63) is 52.8 Å². The number of alkyl halides is 3. The molecule has 0 spiro atoms. The molecule has 3 aromatic heterocycles. The molecule has 0 atom stereocenters. The van der Waals surface area contributed by atoms with Crippen molar-refractivity contribution in [3.63, 3.8) is 0 Å². The lowest BCUT2D eigenvalue weighted by Crippen LogP contribution is -2.07. The van der Waals surface area contributed by atoms with Crippen LogP contribution >= 0.6 is 11.6 Å². The first-order valence-electron chi connectivity index (χ1n) is 7.75. The number of nitrogens with one attached hydrogen (secondary N) is 1. The van der Waals surface area contributed by atoms with Crippen LogP contribution in [0.15, 0.2) is 30.6 Å². The summed E-state index contributed by atoms with van der Waals surface area (Å²) >= 11 is 6.08. The monoisotopic (exact) mass is 393 g/mol. The van der Waals surface area contributed by atoms with Crippen molar-refractivity contribution in [2.45, 2.75) is 19.6 Å². The third-order valence-electron chi connectivity index (χ3n) is 3.84. The molecule has 138 valence electrons. The van der Waals surface area contributed by atoms with Crippen LogP contribution in [0.25, 0.3) is 22.4 Å². The van der Waals surface area contributed by atoms with Crippen LogP contribution in [0.1, 0.15) is 17.2 Å². The van der Waals surface area contributed by atoms with E-state index in [1.165, 1.54) is 0 Å². The largest absolute Gasteiger partial charge is 0.453 e. The molecule has 0 fully saturated rings. The molecule has 0 bridgehead atoms. The third-order valence-corrected chi connectivity index (χ3v) is 4.08. The molecule has 0 saturated carbocycles. The Labute approximate surface area is 155 Å². The standard InChI is InChI=1S/C16H11ClF3N7/c1-8-21-5-9(6-22-8)7-27-12-4-10(17)2-3-11(12)13(26-27)14-23-15(25-24-14)16(18,19)20/h2-6H,7H2,1H3,(H,23,24,25). The van der Waals surface area contributed by atoms with Crippen LogP contribution in [0.3, 0.4) is 0 Å². The van der Waals surface area contributed by atoms with E-state index in [1.54, 1.807) is 42.2 Å². The molecule has 0 saturated heterocycles. The molecule has 0 unspecified atom stereocenters. The fourth-order valence-corrected chi connectivity index (χ4v) is 2.78. The number of rotatable bonds is 3. The summed E-state index contributed by atoms with van der Waals surface area (Å²) in [6.45, 7) is 2.09. The van der Waals surface area contributed by atoms with Crippen LogP contribution in [0.5, 0.6) is 0 Å². The lowest BCUT2D eigenvalue weighted by Gasteiger charge is -2.03. The number of benzene rings is 1. The summed E-state index contributed by atoms with van der Waals surface area (Å²) < 4.78 is 40.0. The molecule has 11 heteroatoms. The molecule has 0 aliphatic heterocycles. The van der Waals surface area contributed by atoms with E-state index in [1.807, 2.05) is 0 Å². The molecule has 0 amide bonds. The minimum Gasteiger partial charge on any atom is -0.260 e. The lowest BCUT2D eigenvalue weighted by molar-refractivity contribution is -0.144. The van der Waals surface area contributed by atoms with Gasteiger partial charge in [0.15, 0.2) is 5.82 Å². The quantitative estimate of drug-likeness (QED) is 0.574. The normalized spacial score (nSPS) is 12.0. The summed E-state index contributed by atoms with van der Waals surface area (Å²) in [5.41, 5.74) is 1.67. The minimum absolute atomic E-state index is 0.0754. The molecular weight excluding hydrogens is 383 g/mol. The number of nitrogens with zero attached hydrogens (tertiary/aromatic N) is 6. The summed E-state index contributed by atoms with van der Waals surface area (Å²) in [5.74, 6) is -0.691. The Morgan fingerprint density at radius 1 is 1.19 bits per heavy atom.